The molecule has 4 aromatic rings. The predicted molar refractivity (Wildman–Crippen MR) is 95.1 cm³/mol. The van der Waals surface area contributed by atoms with Crippen LogP contribution in [-0.4, -0.2) is 14.6 Å². The Labute approximate surface area is 142 Å². The van der Waals surface area contributed by atoms with Crippen LogP contribution < -0.4 is 5.32 Å². The van der Waals surface area contributed by atoms with Gasteiger partial charge in [-0.15, -0.1) is 11.3 Å². The number of nitrogens with one attached hydrogen (secondary N) is 1. The van der Waals surface area contributed by atoms with E-state index in [0.29, 0.717) is 5.02 Å². The monoisotopic (exact) mass is 340 g/mol. The van der Waals surface area contributed by atoms with Gasteiger partial charge in [0.2, 0.25) is 0 Å². The van der Waals surface area contributed by atoms with E-state index in [2.05, 4.69) is 26.8 Å². The second-order valence-corrected chi connectivity index (χ2v) is 6.48. The summed E-state index contributed by atoms with van der Waals surface area (Å²) in [5.41, 5.74) is 2.65. The molecule has 3 aromatic heterocycles. The molecule has 0 bridgehead atoms. The van der Waals surface area contributed by atoms with E-state index in [1.54, 1.807) is 23.7 Å². The largest absolute Gasteiger partial charge is 0.365 e. The molecule has 0 atom stereocenters. The van der Waals surface area contributed by atoms with Gasteiger partial charge in [0.15, 0.2) is 5.65 Å². The quantitative estimate of drug-likeness (QED) is 0.584. The van der Waals surface area contributed by atoms with Crippen molar-refractivity contribution < 1.29 is 0 Å². The smallest absolute Gasteiger partial charge is 0.165 e. The summed E-state index contributed by atoms with van der Waals surface area (Å²) >= 11 is 8.03. The molecule has 0 aliphatic heterocycles. The van der Waals surface area contributed by atoms with Gasteiger partial charge in [-0.1, -0.05) is 35.9 Å². The molecule has 6 heteroatoms. The first-order chi connectivity index (χ1) is 11.3. The zero-order valence-electron chi connectivity index (χ0n) is 12.1. The molecule has 114 valence electrons. The van der Waals surface area contributed by atoms with Gasteiger partial charge in [0.05, 0.1) is 12.7 Å². The zero-order valence-corrected chi connectivity index (χ0v) is 13.7. The number of benzene rings is 1. The lowest BCUT2D eigenvalue weighted by Gasteiger charge is -2.07. The van der Waals surface area contributed by atoms with Crippen LogP contribution in [0.3, 0.4) is 0 Å². The lowest BCUT2D eigenvalue weighted by atomic mass is 10.1. The van der Waals surface area contributed by atoms with Gasteiger partial charge < -0.3 is 5.32 Å². The van der Waals surface area contributed by atoms with Crippen molar-refractivity contribution in [2.45, 2.75) is 6.54 Å². The van der Waals surface area contributed by atoms with Gasteiger partial charge in [-0.3, -0.25) is 0 Å². The van der Waals surface area contributed by atoms with Gasteiger partial charge in [0, 0.05) is 27.2 Å². The number of nitrogens with zero attached hydrogens (tertiary/aromatic N) is 3. The minimum Gasteiger partial charge on any atom is -0.365 e. The molecule has 0 saturated carbocycles. The maximum Gasteiger partial charge on any atom is 0.165 e. The Bertz CT molecular complexity index is 946. The predicted octanol–water partition coefficient (Wildman–Crippen LogP) is 4.72. The van der Waals surface area contributed by atoms with Crippen LogP contribution in [-0.2, 0) is 6.54 Å². The molecule has 0 saturated heterocycles. The van der Waals surface area contributed by atoms with E-state index in [-0.39, 0.29) is 0 Å². The number of hydrogen-bond donors (Lipinski definition) is 1. The van der Waals surface area contributed by atoms with Crippen molar-refractivity contribution in [3.05, 3.63) is 70.1 Å². The summed E-state index contributed by atoms with van der Waals surface area (Å²) in [6, 6.07) is 13.8. The third-order valence-electron chi connectivity index (χ3n) is 3.59. The molecule has 4 nitrogen and oxygen atoms in total. The summed E-state index contributed by atoms with van der Waals surface area (Å²) < 4.78 is 1.81. The fourth-order valence-corrected chi connectivity index (χ4v) is 3.37. The highest BCUT2D eigenvalue weighted by Gasteiger charge is 2.12. The lowest BCUT2D eigenvalue weighted by molar-refractivity contribution is 0.928. The fraction of sp³-hybridized carbons (Fsp3) is 0.0588. The number of anilines is 1. The van der Waals surface area contributed by atoms with Crippen LogP contribution in [0.5, 0.6) is 0 Å². The molecule has 23 heavy (non-hydrogen) atoms. The van der Waals surface area contributed by atoms with Gasteiger partial charge >= 0.3 is 0 Å². The molecule has 3 heterocycles. The molecule has 0 amide bonds. The molecular formula is C17H13ClN4S. The third-order valence-corrected chi connectivity index (χ3v) is 4.80. The maximum absolute atomic E-state index is 6.31. The number of hydrogen-bond acceptors (Lipinski definition) is 4. The lowest BCUT2D eigenvalue weighted by Crippen LogP contribution is -2.04. The highest BCUT2D eigenvalue weighted by atomic mass is 35.5. The van der Waals surface area contributed by atoms with E-state index in [1.165, 1.54) is 4.88 Å². The van der Waals surface area contributed by atoms with E-state index in [9.17, 15) is 0 Å². The number of thiophene rings is 1. The van der Waals surface area contributed by atoms with Crippen LogP contribution in [0.4, 0.5) is 5.82 Å². The summed E-state index contributed by atoms with van der Waals surface area (Å²) in [4.78, 5) is 5.74. The normalized spacial score (nSPS) is 11.0. The van der Waals surface area contributed by atoms with Crippen LogP contribution in [0, 0.1) is 0 Å². The van der Waals surface area contributed by atoms with Crippen molar-refractivity contribution in [1.29, 1.82) is 0 Å². The van der Waals surface area contributed by atoms with Crippen LogP contribution in [0.2, 0.25) is 5.02 Å². The van der Waals surface area contributed by atoms with Gasteiger partial charge in [-0.2, -0.15) is 9.61 Å². The van der Waals surface area contributed by atoms with Crippen molar-refractivity contribution in [2.75, 3.05) is 5.32 Å². The molecule has 4 rings (SSSR count). The number of aromatic nitrogens is 3. The average molecular weight is 341 g/mol. The minimum atomic E-state index is 0.696. The van der Waals surface area contributed by atoms with Gasteiger partial charge in [-0.25, -0.2) is 4.98 Å². The second kappa shape index (κ2) is 6.02. The van der Waals surface area contributed by atoms with Gasteiger partial charge in [0.25, 0.3) is 0 Å². The number of halogens is 1. The van der Waals surface area contributed by atoms with Crippen LogP contribution >= 0.6 is 22.9 Å². The van der Waals surface area contributed by atoms with Crippen molar-refractivity contribution in [3.63, 3.8) is 0 Å². The molecular weight excluding hydrogens is 328 g/mol. The Balaban J connectivity index is 1.73. The molecule has 0 aliphatic rings. The molecule has 0 aliphatic carbocycles. The average Bonchev–Trinajstić information content (AvgIpc) is 3.23. The third kappa shape index (κ3) is 2.69. The first-order valence-corrected chi connectivity index (χ1v) is 8.42. The highest BCUT2D eigenvalue weighted by Crippen LogP contribution is 2.30. The number of rotatable bonds is 4. The highest BCUT2D eigenvalue weighted by molar-refractivity contribution is 7.09. The molecule has 1 aromatic carbocycles. The van der Waals surface area contributed by atoms with Crippen molar-refractivity contribution in [2.24, 2.45) is 0 Å². The Morgan fingerprint density at radius 2 is 2.00 bits per heavy atom. The Hall–Kier alpha value is -2.37. The van der Waals surface area contributed by atoms with E-state index < -0.39 is 0 Å². The minimum absolute atomic E-state index is 0.696. The Morgan fingerprint density at radius 1 is 1.09 bits per heavy atom. The van der Waals surface area contributed by atoms with Crippen molar-refractivity contribution >= 4 is 34.4 Å². The summed E-state index contributed by atoms with van der Waals surface area (Å²) in [5.74, 6) is 0.904. The molecule has 0 fully saturated rings. The molecule has 0 radical (unpaired) electrons. The summed E-state index contributed by atoms with van der Waals surface area (Å²) in [5, 5.41) is 10.6. The summed E-state index contributed by atoms with van der Waals surface area (Å²) in [7, 11) is 0. The summed E-state index contributed by atoms with van der Waals surface area (Å²) in [6.45, 7) is 0.762. The summed E-state index contributed by atoms with van der Waals surface area (Å²) in [6.07, 6.45) is 3.59. The Kier molecular flexibility index (Phi) is 3.73. The van der Waals surface area contributed by atoms with E-state index in [0.717, 1.165) is 29.1 Å². The van der Waals surface area contributed by atoms with Gasteiger partial charge in [0.1, 0.15) is 5.82 Å². The molecule has 0 unspecified atom stereocenters. The standard InChI is InChI=1S/C17H13ClN4S/c18-15-6-2-1-5-13(15)14-11-21-22-16(7-8-19-17(14)22)20-10-12-4-3-9-23-12/h1-9,11,20H,10H2. The first kappa shape index (κ1) is 14.2. The SMILES string of the molecule is Clc1ccccc1-c1cnn2c(NCc3cccs3)ccnc12. The maximum atomic E-state index is 6.31. The van der Waals surface area contributed by atoms with E-state index in [4.69, 9.17) is 11.6 Å². The van der Waals surface area contributed by atoms with Crippen LogP contribution in [0.25, 0.3) is 16.8 Å². The van der Waals surface area contributed by atoms with E-state index in [1.807, 2.05) is 40.9 Å². The molecule has 0 spiro atoms. The Morgan fingerprint density at radius 3 is 2.83 bits per heavy atom. The van der Waals surface area contributed by atoms with Gasteiger partial charge in [-0.05, 0) is 23.6 Å². The zero-order chi connectivity index (χ0) is 15.6. The topological polar surface area (TPSA) is 42.2 Å². The van der Waals surface area contributed by atoms with Crippen LogP contribution in [0.1, 0.15) is 4.88 Å². The van der Waals surface area contributed by atoms with Crippen LogP contribution in [0.15, 0.2) is 60.2 Å². The van der Waals surface area contributed by atoms with E-state index >= 15 is 0 Å². The fourth-order valence-electron chi connectivity index (χ4n) is 2.49. The molecule has 1 N–H and O–H groups in total. The first-order valence-electron chi connectivity index (χ1n) is 7.17. The van der Waals surface area contributed by atoms with Crippen molar-refractivity contribution in [1.82, 2.24) is 14.6 Å². The number of fused-ring (bicyclic) bond motifs is 1. The second-order valence-electron chi connectivity index (χ2n) is 5.04. The van der Waals surface area contributed by atoms with Crippen molar-refractivity contribution in [3.8, 4) is 11.1 Å².